The molecule has 29 heavy (non-hydrogen) atoms. The minimum absolute atomic E-state index is 0.427. The van der Waals surface area contributed by atoms with Crippen molar-refractivity contribution in [2.24, 2.45) is 4.99 Å². The largest absolute Gasteiger partial charge is 0.416 e. The lowest BCUT2D eigenvalue weighted by atomic mass is 10.1. The normalized spacial score (nSPS) is 12.1. The van der Waals surface area contributed by atoms with Gasteiger partial charge in [-0.05, 0) is 29.3 Å². The maximum atomic E-state index is 12.7. The fraction of sp³-hybridized carbons (Fsp3) is 0.250. The Morgan fingerprint density at radius 2 is 1.90 bits per heavy atom. The Labute approximate surface area is 166 Å². The summed E-state index contributed by atoms with van der Waals surface area (Å²) in [6, 6.07) is 13.0. The van der Waals surface area contributed by atoms with Gasteiger partial charge >= 0.3 is 6.18 Å². The van der Waals surface area contributed by atoms with Crippen LogP contribution in [0.2, 0.25) is 0 Å². The molecule has 0 amide bonds. The molecule has 152 valence electrons. The van der Waals surface area contributed by atoms with Crippen LogP contribution in [0.5, 0.6) is 0 Å². The second-order valence-electron chi connectivity index (χ2n) is 6.49. The highest BCUT2D eigenvalue weighted by Gasteiger charge is 2.29. The Balaban J connectivity index is 1.61. The smallest absolute Gasteiger partial charge is 0.352 e. The summed E-state index contributed by atoms with van der Waals surface area (Å²) in [6.07, 6.45) is -2.87. The number of aromatic amines is 1. The highest BCUT2D eigenvalue weighted by Crippen LogP contribution is 2.29. The Hall–Kier alpha value is -3.36. The quantitative estimate of drug-likeness (QED) is 0.504. The number of aromatic nitrogens is 3. The second kappa shape index (κ2) is 8.76. The number of guanidine groups is 1. The maximum absolute atomic E-state index is 12.7. The monoisotopic (exact) mass is 402 g/mol. The van der Waals surface area contributed by atoms with Gasteiger partial charge in [-0.1, -0.05) is 30.3 Å². The van der Waals surface area contributed by atoms with Gasteiger partial charge in [-0.3, -0.25) is 10.1 Å². The van der Waals surface area contributed by atoms with Gasteiger partial charge < -0.3 is 10.2 Å². The molecule has 0 spiro atoms. The van der Waals surface area contributed by atoms with Crippen molar-refractivity contribution >= 4 is 5.96 Å². The molecule has 0 aliphatic rings. The summed E-state index contributed by atoms with van der Waals surface area (Å²) in [5, 5.41) is 9.95. The number of H-pyrrole nitrogens is 1. The molecular formula is C20H21F3N6. The van der Waals surface area contributed by atoms with Crippen molar-refractivity contribution in [2.45, 2.75) is 19.3 Å². The number of halogens is 3. The zero-order valence-corrected chi connectivity index (χ0v) is 16.0. The van der Waals surface area contributed by atoms with Crippen LogP contribution in [0.3, 0.4) is 0 Å². The van der Waals surface area contributed by atoms with Gasteiger partial charge in [0.15, 0.2) is 11.8 Å². The number of hydrogen-bond donors (Lipinski definition) is 2. The Morgan fingerprint density at radius 3 is 2.52 bits per heavy atom. The number of rotatable bonds is 5. The van der Waals surface area contributed by atoms with E-state index in [1.807, 2.05) is 36.2 Å². The molecule has 0 saturated carbocycles. The third-order valence-electron chi connectivity index (χ3n) is 4.34. The lowest BCUT2D eigenvalue weighted by Crippen LogP contribution is -2.38. The fourth-order valence-corrected chi connectivity index (χ4v) is 2.89. The van der Waals surface area contributed by atoms with Gasteiger partial charge in [0.2, 0.25) is 0 Å². The molecule has 0 aliphatic carbocycles. The zero-order chi connectivity index (χ0) is 20.9. The van der Waals surface area contributed by atoms with Crippen molar-refractivity contribution in [1.82, 2.24) is 25.4 Å². The summed E-state index contributed by atoms with van der Waals surface area (Å²) in [5.74, 6) is 1.32. The summed E-state index contributed by atoms with van der Waals surface area (Å²) in [7, 11) is 3.49. The number of hydrogen-bond acceptors (Lipinski definition) is 3. The van der Waals surface area contributed by atoms with E-state index in [1.54, 1.807) is 7.05 Å². The first-order valence-electron chi connectivity index (χ1n) is 8.89. The van der Waals surface area contributed by atoms with Crippen molar-refractivity contribution in [3.05, 3.63) is 71.5 Å². The highest BCUT2D eigenvalue weighted by molar-refractivity contribution is 5.79. The average Bonchev–Trinajstić information content (AvgIpc) is 3.23. The predicted octanol–water partition coefficient (Wildman–Crippen LogP) is 3.70. The second-order valence-corrected chi connectivity index (χ2v) is 6.49. The number of aliphatic imine (C=N–C) groups is 1. The molecule has 0 bridgehead atoms. The topological polar surface area (TPSA) is 69.2 Å². The van der Waals surface area contributed by atoms with Gasteiger partial charge in [0.25, 0.3) is 0 Å². The lowest BCUT2D eigenvalue weighted by molar-refractivity contribution is -0.137. The van der Waals surface area contributed by atoms with Crippen LogP contribution in [0, 0.1) is 0 Å². The number of benzene rings is 2. The molecule has 0 atom stereocenters. The SMILES string of the molecule is CN=C(NCc1cccc(-c2ncn[nH]2)c1)N(C)Cc1ccc(C(F)(F)F)cc1. The summed E-state index contributed by atoms with van der Waals surface area (Å²) < 4.78 is 38.1. The molecule has 3 rings (SSSR count). The molecule has 2 N–H and O–H groups in total. The van der Waals surface area contributed by atoms with E-state index in [4.69, 9.17) is 0 Å². The third-order valence-corrected chi connectivity index (χ3v) is 4.34. The molecule has 2 aromatic carbocycles. The zero-order valence-electron chi connectivity index (χ0n) is 16.0. The molecule has 6 nitrogen and oxygen atoms in total. The average molecular weight is 402 g/mol. The minimum Gasteiger partial charge on any atom is -0.352 e. The molecule has 0 aliphatic heterocycles. The Bertz CT molecular complexity index is 949. The summed E-state index contributed by atoms with van der Waals surface area (Å²) in [6.45, 7) is 0.960. The van der Waals surface area contributed by atoms with E-state index in [0.29, 0.717) is 24.9 Å². The predicted molar refractivity (Wildman–Crippen MR) is 105 cm³/mol. The van der Waals surface area contributed by atoms with E-state index < -0.39 is 11.7 Å². The summed E-state index contributed by atoms with van der Waals surface area (Å²) >= 11 is 0. The Kier molecular flexibility index (Phi) is 6.16. The van der Waals surface area contributed by atoms with Gasteiger partial charge in [-0.15, -0.1) is 0 Å². The molecule has 0 fully saturated rings. The molecule has 0 unspecified atom stereocenters. The van der Waals surface area contributed by atoms with Crippen LogP contribution in [0.1, 0.15) is 16.7 Å². The third kappa shape index (κ3) is 5.34. The number of alkyl halides is 3. The first kappa shape index (κ1) is 20.4. The highest BCUT2D eigenvalue weighted by atomic mass is 19.4. The van der Waals surface area contributed by atoms with Crippen molar-refractivity contribution in [3.63, 3.8) is 0 Å². The van der Waals surface area contributed by atoms with Crippen LogP contribution in [0.4, 0.5) is 13.2 Å². The minimum atomic E-state index is -4.33. The van der Waals surface area contributed by atoms with Crippen LogP contribution in [0.25, 0.3) is 11.4 Å². The van der Waals surface area contributed by atoms with E-state index in [0.717, 1.165) is 28.8 Å². The standard InChI is InChI=1S/C20H21F3N6/c1-24-19(29(2)12-14-6-8-17(9-7-14)20(21,22)23)25-11-15-4-3-5-16(10-15)18-26-13-27-28-18/h3-10,13H,11-12H2,1-2H3,(H,24,25)(H,26,27,28). The van der Waals surface area contributed by atoms with Crippen LogP contribution >= 0.6 is 0 Å². The molecule has 1 heterocycles. The van der Waals surface area contributed by atoms with Crippen LogP contribution in [-0.4, -0.2) is 40.1 Å². The van der Waals surface area contributed by atoms with Gasteiger partial charge in [0.1, 0.15) is 6.33 Å². The van der Waals surface area contributed by atoms with Gasteiger partial charge in [-0.2, -0.15) is 18.3 Å². The first-order chi connectivity index (χ1) is 13.9. The molecule has 0 radical (unpaired) electrons. The van der Waals surface area contributed by atoms with Gasteiger partial charge in [-0.25, -0.2) is 4.98 Å². The van der Waals surface area contributed by atoms with E-state index in [9.17, 15) is 13.2 Å². The van der Waals surface area contributed by atoms with Crippen LogP contribution in [0.15, 0.2) is 59.9 Å². The molecular weight excluding hydrogens is 381 g/mol. The lowest BCUT2D eigenvalue weighted by Gasteiger charge is -2.22. The number of nitrogens with one attached hydrogen (secondary N) is 2. The van der Waals surface area contributed by atoms with Crippen molar-refractivity contribution < 1.29 is 13.2 Å². The van der Waals surface area contributed by atoms with Crippen molar-refractivity contribution in [1.29, 1.82) is 0 Å². The molecule has 9 heteroatoms. The van der Waals surface area contributed by atoms with Crippen molar-refractivity contribution in [2.75, 3.05) is 14.1 Å². The molecule has 3 aromatic rings. The summed E-state index contributed by atoms with van der Waals surface area (Å²) in [5.41, 5.74) is 2.06. The van der Waals surface area contributed by atoms with Crippen molar-refractivity contribution in [3.8, 4) is 11.4 Å². The molecule has 1 aromatic heterocycles. The van der Waals surface area contributed by atoms with E-state index in [1.165, 1.54) is 18.5 Å². The number of nitrogens with zero attached hydrogens (tertiary/aromatic N) is 4. The van der Waals surface area contributed by atoms with Gasteiger partial charge in [0.05, 0.1) is 5.56 Å². The van der Waals surface area contributed by atoms with E-state index in [2.05, 4.69) is 25.5 Å². The summed E-state index contributed by atoms with van der Waals surface area (Å²) in [4.78, 5) is 10.2. The van der Waals surface area contributed by atoms with Crippen LogP contribution in [-0.2, 0) is 19.3 Å². The maximum Gasteiger partial charge on any atom is 0.416 e. The molecule has 0 saturated heterocycles. The van der Waals surface area contributed by atoms with Crippen LogP contribution < -0.4 is 5.32 Å². The van der Waals surface area contributed by atoms with E-state index in [-0.39, 0.29) is 0 Å². The fourth-order valence-electron chi connectivity index (χ4n) is 2.89. The first-order valence-corrected chi connectivity index (χ1v) is 8.89. The van der Waals surface area contributed by atoms with E-state index >= 15 is 0 Å². The Morgan fingerprint density at radius 1 is 1.14 bits per heavy atom. The van der Waals surface area contributed by atoms with Gasteiger partial charge in [0, 0.05) is 32.7 Å².